The molecule has 2 heterocycles. The van der Waals surface area contributed by atoms with Gasteiger partial charge in [-0.3, -0.25) is 14.4 Å². The summed E-state index contributed by atoms with van der Waals surface area (Å²) in [4.78, 5) is 42.3. The van der Waals surface area contributed by atoms with Crippen LogP contribution in [0.3, 0.4) is 0 Å². The van der Waals surface area contributed by atoms with Crippen molar-refractivity contribution in [2.75, 3.05) is 11.4 Å². The van der Waals surface area contributed by atoms with Crippen molar-refractivity contribution in [1.29, 1.82) is 0 Å². The zero-order valence-electron chi connectivity index (χ0n) is 18.5. The highest BCUT2D eigenvalue weighted by molar-refractivity contribution is 6.11. The molecule has 1 fully saturated rings. The second-order valence-corrected chi connectivity index (χ2v) is 8.61. The fourth-order valence-electron chi connectivity index (χ4n) is 4.65. The van der Waals surface area contributed by atoms with Gasteiger partial charge in [0.1, 0.15) is 11.9 Å². The number of rotatable bonds is 5. The molecule has 5 rings (SSSR count). The van der Waals surface area contributed by atoms with Gasteiger partial charge in [-0.05, 0) is 60.4 Å². The molecular weight excluding hydrogens is 433 g/mol. The van der Waals surface area contributed by atoms with Gasteiger partial charge >= 0.3 is 0 Å². The van der Waals surface area contributed by atoms with E-state index in [9.17, 15) is 18.8 Å². The van der Waals surface area contributed by atoms with Crippen LogP contribution in [-0.4, -0.2) is 35.2 Å². The minimum Gasteiger partial charge on any atom is -0.348 e. The van der Waals surface area contributed by atoms with Gasteiger partial charge in [-0.1, -0.05) is 36.4 Å². The Balaban J connectivity index is 1.33. The van der Waals surface area contributed by atoms with E-state index in [1.807, 2.05) is 30.3 Å². The molecule has 1 atom stereocenters. The fraction of sp³-hybridized carbons (Fsp3) is 0.222. The summed E-state index contributed by atoms with van der Waals surface area (Å²) in [5.41, 5.74) is 3.15. The van der Waals surface area contributed by atoms with Gasteiger partial charge in [0.15, 0.2) is 0 Å². The van der Waals surface area contributed by atoms with E-state index >= 15 is 0 Å². The van der Waals surface area contributed by atoms with Crippen molar-refractivity contribution in [2.24, 2.45) is 0 Å². The predicted molar refractivity (Wildman–Crippen MR) is 126 cm³/mol. The molecule has 1 saturated heterocycles. The van der Waals surface area contributed by atoms with Crippen LogP contribution in [0.1, 0.15) is 44.7 Å². The van der Waals surface area contributed by atoms with Crippen LogP contribution in [0.5, 0.6) is 0 Å². The zero-order chi connectivity index (χ0) is 23.7. The molecule has 0 unspecified atom stereocenters. The molecule has 2 aliphatic rings. The second-order valence-electron chi connectivity index (χ2n) is 8.61. The number of anilines is 1. The molecule has 1 N–H and O–H groups in total. The van der Waals surface area contributed by atoms with Crippen LogP contribution < -0.4 is 10.2 Å². The van der Waals surface area contributed by atoms with E-state index < -0.39 is 6.04 Å². The summed E-state index contributed by atoms with van der Waals surface area (Å²) in [6.45, 7) is 1.12. The van der Waals surface area contributed by atoms with E-state index in [2.05, 4.69) is 5.32 Å². The third-order valence-corrected chi connectivity index (χ3v) is 6.39. The SMILES string of the molecule is O=C(NCc1cccc(F)c1)c1ccc(CN2C(=O)[C@H]3CCCN3C(=O)c3ccccc32)cc1. The number of amides is 3. The lowest BCUT2D eigenvalue weighted by Gasteiger charge is -2.26. The first-order valence-corrected chi connectivity index (χ1v) is 11.3. The van der Waals surface area contributed by atoms with Crippen LogP contribution in [-0.2, 0) is 17.9 Å². The lowest BCUT2D eigenvalue weighted by atomic mass is 10.1. The summed E-state index contributed by atoms with van der Waals surface area (Å²) in [5, 5.41) is 2.79. The third kappa shape index (κ3) is 4.17. The monoisotopic (exact) mass is 457 g/mol. The highest BCUT2D eigenvalue weighted by atomic mass is 19.1. The first-order chi connectivity index (χ1) is 16.5. The molecule has 0 aliphatic carbocycles. The number of para-hydroxylation sites is 1. The van der Waals surface area contributed by atoms with Crippen LogP contribution in [0, 0.1) is 5.82 Å². The number of halogens is 1. The van der Waals surface area contributed by atoms with Gasteiger partial charge in [0.05, 0.1) is 17.8 Å². The van der Waals surface area contributed by atoms with Gasteiger partial charge in [0.25, 0.3) is 11.8 Å². The van der Waals surface area contributed by atoms with Crippen LogP contribution in [0.25, 0.3) is 0 Å². The summed E-state index contributed by atoms with van der Waals surface area (Å²) in [6, 6.07) is 19.9. The van der Waals surface area contributed by atoms with Gasteiger partial charge in [-0.15, -0.1) is 0 Å². The van der Waals surface area contributed by atoms with E-state index in [1.54, 1.807) is 40.1 Å². The maximum atomic E-state index is 13.4. The molecule has 2 aliphatic heterocycles. The van der Waals surface area contributed by atoms with Crippen LogP contribution >= 0.6 is 0 Å². The number of benzene rings is 3. The van der Waals surface area contributed by atoms with E-state index in [1.165, 1.54) is 12.1 Å². The molecule has 0 radical (unpaired) electrons. The minimum absolute atomic E-state index is 0.0762. The normalized spacial score (nSPS) is 17.3. The van der Waals surface area contributed by atoms with Gasteiger partial charge in [-0.2, -0.15) is 0 Å². The molecule has 0 bridgehead atoms. The Bertz CT molecular complexity index is 1260. The summed E-state index contributed by atoms with van der Waals surface area (Å²) in [6.07, 6.45) is 1.48. The highest BCUT2D eigenvalue weighted by Crippen LogP contribution is 2.33. The van der Waals surface area contributed by atoms with Crippen molar-refractivity contribution in [3.63, 3.8) is 0 Å². The van der Waals surface area contributed by atoms with Crippen molar-refractivity contribution in [2.45, 2.75) is 32.0 Å². The zero-order valence-corrected chi connectivity index (χ0v) is 18.5. The molecule has 0 spiro atoms. The summed E-state index contributed by atoms with van der Waals surface area (Å²) >= 11 is 0. The van der Waals surface area contributed by atoms with Crippen molar-refractivity contribution >= 4 is 23.4 Å². The standard InChI is InChI=1S/C27H24FN3O3/c28-21-6-3-5-19(15-21)16-29-25(32)20-12-10-18(11-13-20)17-31-23-8-2-1-7-22(23)26(33)30-14-4-9-24(30)27(31)34/h1-3,5-8,10-13,15,24H,4,9,14,16-17H2,(H,29,32)/t24-/m1/s1. The lowest BCUT2D eigenvalue weighted by molar-refractivity contribution is -0.122. The average Bonchev–Trinajstić information content (AvgIpc) is 3.33. The van der Waals surface area contributed by atoms with Crippen molar-refractivity contribution < 1.29 is 18.8 Å². The maximum absolute atomic E-state index is 13.4. The Morgan fingerprint density at radius 3 is 2.56 bits per heavy atom. The molecule has 34 heavy (non-hydrogen) atoms. The molecule has 7 heteroatoms. The predicted octanol–water partition coefficient (Wildman–Crippen LogP) is 3.91. The topological polar surface area (TPSA) is 69.7 Å². The number of fused-ring (bicyclic) bond motifs is 2. The minimum atomic E-state index is -0.437. The van der Waals surface area contributed by atoms with Crippen LogP contribution in [0.4, 0.5) is 10.1 Å². The molecule has 3 aromatic carbocycles. The summed E-state index contributed by atoms with van der Waals surface area (Å²) in [7, 11) is 0. The molecule has 3 aromatic rings. The first kappa shape index (κ1) is 21.8. The summed E-state index contributed by atoms with van der Waals surface area (Å²) < 4.78 is 13.3. The molecule has 0 aromatic heterocycles. The van der Waals surface area contributed by atoms with Crippen molar-refractivity contribution in [3.8, 4) is 0 Å². The number of nitrogens with one attached hydrogen (secondary N) is 1. The number of carbonyl (C=O) groups is 3. The largest absolute Gasteiger partial charge is 0.348 e. The molecular formula is C27H24FN3O3. The maximum Gasteiger partial charge on any atom is 0.256 e. The van der Waals surface area contributed by atoms with Gasteiger partial charge in [0, 0.05) is 18.7 Å². The molecule has 0 saturated carbocycles. The van der Waals surface area contributed by atoms with E-state index in [0.29, 0.717) is 41.9 Å². The molecule has 6 nitrogen and oxygen atoms in total. The highest BCUT2D eigenvalue weighted by Gasteiger charge is 2.41. The van der Waals surface area contributed by atoms with E-state index in [0.717, 1.165) is 12.0 Å². The lowest BCUT2D eigenvalue weighted by Crippen LogP contribution is -2.44. The Morgan fingerprint density at radius 1 is 0.971 bits per heavy atom. The second kappa shape index (κ2) is 9.09. The van der Waals surface area contributed by atoms with Crippen molar-refractivity contribution in [3.05, 3.63) is 101 Å². The smallest absolute Gasteiger partial charge is 0.256 e. The van der Waals surface area contributed by atoms with Crippen LogP contribution in [0.2, 0.25) is 0 Å². The number of hydrogen-bond acceptors (Lipinski definition) is 3. The van der Waals surface area contributed by atoms with Gasteiger partial charge < -0.3 is 15.1 Å². The average molecular weight is 458 g/mol. The van der Waals surface area contributed by atoms with Crippen molar-refractivity contribution in [1.82, 2.24) is 10.2 Å². The molecule has 172 valence electrons. The number of hydrogen-bond donors (Lipinski definition) is 1. The van der Waals surface area contributed by atoms with Crippen LogP contribution in [0.15, 0.2) is 72.8 Å². The van der Waals surface area contributed by atoms with E-state index in [4.69, 9.17) is 0 Å². The quantitative estimate of drug-likeness (QED) is 0.632. The first-order valence-electron chi connectivity index (χ1n) is 11.3. The Morgan fingerprint density at radius 2 is 1.76 bits per heavy atom. The molecule has 3 amide bonds. The Hall–Kier alpha value is -4.00. The Kier molecular flexibility index (Phi) is 5.84. The third-order valence-electron chi connectivity index (χ3n) is 6.39. The number of nitrogens with zero attached hydrogens (tertiary/aromatic N) is 2. The van der Waals surface area contributed by atoms with Gasteiger partial charge in [-0.25, -0.2) is 4.39 Å². The summed E-state index contributed by atoms with van der Waals surface area (Å²) in [5.74, 6) is -0.783. The number of carbonyl (C=O) groups excluding carboxylic acids is 3. The van der Waals surface area contributed by atoms with E-state index in [-0.39, 0.29) is 30.1 Å². The van der Waals surface area contributed by atoms with Gasteiger partial charge in [0.2, 0.25) is 5.91 Å². The fourth-order valence-corrected chi connectivity index (χ4v) is 4.65. The Labute approximate surface area is 197 Å².